The fourth-order valence-electron chi connectivity index (χ4n) is 4.28. The predicted octanol–water partition coefficient (Wildman–Crippen LogP) is 4.96. The standard InChI is InChI=1S/C27H34N2O3/c1-5-28(6-2)17-10-18-29-24(21-15-13-20(14-16-21)19(3)4)23(26(31)27(29)32)25(30)22-11-8-7-9-12-22/h7-9,11-16,19,24,30H,5-6,10,17-18H2,1-4H3/b25-23+/t24-/m1/s1. The van der Waals surface area contributed by atoms with E-state index in [-0.39, 0.29) is 11.3 Å². The summed E-state index contributed by atoms with van der Waals surface area (Å²) in [5.74, 6) is -0.894. The second kappa shape index (κ2) is 10.6. The number of Topliss-reactive ketones (excluding diaryl/α,β-unsaturated/α-hetero) is 1. The molecule has 1 heterocycles. The SMILES string of the molecule is CCN(CC)CCCN1C(=O)C(=O)/C(=C(/O)c2ccccc2)[C@H]1c1ccc(C(C)C)cc1. The Morgan fingerprint density at radius 1 is 1.00 bits per heavy atom. The summed E-state index contributed by atoms with van der Waals surface area (Å²) in [6, 6.07) is 16.4. The second-order valence-corrected chi connectivity index (χ2v) is 8.56. The van der Waals surface area contributed by atoms with E-state index < -0.39 is 17.7 Å². The minimum absolute atomic E-state index is 0.117. The maximum absolute atomic E-state index is 13.1. The quantitative estimate of drug-likeness (QED) is 0.344. The first kappa shape index (κ1) is 23.7. The number of carbonyl (C=O) groups is 2. The predicted molar refractivity (Wildman–Crippen MR) is 128 cm³/mol. The van der Waals surface area contributed by atoms with Gasteiger partial charge in [-0.05, 0) is 43.1 Å². The smallest absolute Gasteiger partial charge is 0.295 e. The van der Waals surface area contributed by atoms with Gasteiger partial charge in [0.05, 0.1) is 11.6 Å². The lowest BCUT2D eigenvalue weighted by molar-refractivity contribution is -0.140. The average molecular weight is 435 g/mol. The van der Waals surface area contributed by atoms with Crippen molar-refractivity contribution in [3.05, 3.63) is 76.9 Å². The second-order valence-electron chi connectivity index (χ2n) is 8.56. The molecule has 32 heavy (non-hydrogen) atoms. The van der Waals surface area contributed by atoms with Crippen molar-refractivity contribution in [3.8, 4) is 0 Å². The summed E-state index contributed by atoms with van der Waals surface area (Å²) in [6.45, 7) is 11.7. The number of hydrogen-bond acceptors (Lipinski definition) is 4. The lowest BCUT2D eigenvalue weighted by Crippen LogP contribution is -2.33. The Hall–Kier alpha value is -2.92. The van der Waals surface area contributed by atoms with E-state index in [1.54, 1.807) is 17.0 Å². The van der Waals surface area contributed by atoms with E-state index in [0.717, 1.165) is 31.6 Å². The summed E-state index contributed by atoms with van der Waals surface area (Å²) in [5.41, 5.74) is 2.74. The lowest BCUT2D eigenvalue weighted by Gasteiger charge is -2.27. The number of aliphatic hydroxyl groups excluding tert-OH is 1. The topological polar surface area (TPSA) is 60.9 Å². The van der Waals surface area contributed by atoms with Gasteiger partial charge in [-0.2, -0.15) is 0 Å². The molecule has 0 bridgehead atoms. The molecule has 5 heteroatoms. The minimum Gasteiger partial charge on any atom is -0.507 e. The summed E-state index contributed by atoms with van der Waals surface area (Å²) in [6.07, 6.45) is 0.765. The van der Waals surface area contributed by atoms with Crippen LogP contribution in [0.2, 0.25) is 0 Å². The van der Waals surface area contributed by atoms with E-state index in [2.05, 4.69) is 32.6 Å². The van der Waals surface area contributed by atoms with Gasteiger partial charge in [0.25, 0.3) is 11.7 Å². The van der Waals surface area contributed by atoms with Crippen LogP contribution in [-0.4, -0.2) is 52.8 Å². The molecule has 3 rings (SSSR count). The third-order valence-corrected chi connectivity index (χ3v) is 6.27. The molecule has 0 radical (unpaired) electrons. The number of amides is 1. The van der Waals surface area contributed by atoms with Crippen molar-refractivity contribution >= 4 is 17.4 Å². The van der Waals surface area contributed by atoms with Crippen LogP contribution in [0.1, 0.15) is 62.8 Å². The number of carbonyl (C=O) groups excluding carboxylic acids is 2. The molecule has 0 aliphatic carbocycles. The highest BCUT2D eigenvalue weighted by Crippen LogP contribution is 2.39. The van der Waals surface area contributed by atoms with Crippen LogP contribution in [0.4, 0.5) is 0 Å². The fourth-order valence-corrected chi connectivity index (χ4v) is 4.28. The zero-order valence-corrected chi connectivity index (χ0v) is 19.5. The van der Waals surface area contributed by atoms with E-state index in [9.17, 15) is 14.7 Å². The summed E-state index contributed by atoms with van der Waals surface area (Å²) in [7, 11) is 0. The maximum atomic E-state index is 13.1. The number of aliphatic hydroxyl groups is 1. The van der Waals surface area contributed by atoms with Gasteiger partial charge in [0, 0.05) is 12.1 Å². The molecule has 1 N–H and O–H groups in total. The highest BCUT2D eigenvalue weighted by Gasteiger charge is 2.45. The summed E-state index contributed by atoms with van der Waals surface area (Å²) < 4.78 is 0. The van der Waals surface area contributed by atoms with Crippen LogP contribution in [0.15, 0.2) is 60.2 Å². The Morgan fingerprint density at radius 2 is 1.62 bits per heavy atom. The summed E-state index contributed by atoms with van der Waals surface area (Å²) in [5, 5.41) is 11.1. The fraction of sp³-hybridized carbons (Fsp3) is 0.407. The molecule has 170 valence electrons. The molecule has 1 fully saturated rings. The van der Waals surface area contributed by atoms with E-state index in [1.165, 1.54) is 5.56 Å². The number of ketones is 1. The zero-order valence-electron chi connectivity index (χ0n) is 19.5. The van der Waals surface area contributed by atoms with Gasteiger partial charge in [0.1, 0.15) is 5.76 Å². The van der Waals surface area contributed by atoms with Gasteiger partial charge in [-0.25, -0.2) is 0 Å². The van der Waals surface area contributed by atoms with E-state index in [0.29, 0.717) is 18.0 Å². The number of likely N-dealkylation sites (tertiary alicyclic amines) is 1. The first-order valence-electron chi connectivity index (χ1n) is 11.5. The molecule has 0 spiro atoms. The molecule has 1 atom stereocenters. The number of benzene rings is 2. The first-order valence-corrected chi connectivity index (χ1v) is 11.5. The Balaban J connectivity index is 2.01. The Kier molecular flexibility index (Phi) is 7.86. The van der Waals surface area contributed by atoms with Crippen LogP contribution in [0.5, 0.6) is 0 Å². The molecule has 0 saturated carbocycles. The zero-order chi connectivity index (χ0) is 23.3. The van der Waals surface area contributed by atoms with Gasteiger partial charge in [0.15, 0.2) is 0 Å². The lowest BCUT2D eigenvalue weighted by atomic mass is 9.93. The highest BCUT2D eigenvalue weighted by molar-refractivity contribution is 6.46. The monoisotopic (exact) mass is 434 g/mol. The minimum atomic E-state index is -0.618. The van der Waals surface area contributed by atoms with Crippen LogP contribution in [0.25, 0.3) is 5.76 Å². The van der Waals surface area contributed by atoms with Crippen LogP contribution in [-0.2, 0) is 9.59 Å². The molecule has 1 amide bonds. The van der Waals surface area contributed by atoms with Crippen molar-refractivity contribution in [1.82, 2.24) is 9.80 Å². The van der Waals surface area contributed by atoms with E-state index >= 15 is 0 Å². The van der Waals surface area contributed by atoms with Crippen molar-refractivity contribution < 1.29 is 14.7 Å². The van der Waals surface area contributed by atoms with Crippen molar-refractivity contribution in [3.63, 3.8) is 0 Å². The first-order chi connectivity index (χ1) is 15.4. The molecule has 1 saturated heterocycles. The number of hydrogen-bond donors (Lipinski definition) is 1. The molecule has 2 aromatic carbocycles. The molecule has 1 aliphatic heterocycles. The summed E-state index contributed by atoms with van der Waals surface area (Å²) >= 11 is 0. The third-order valence-electron chi connectivity index (χ3n) is 6.27. The van der Waals surface area contributed by atoms with E-state index in [1.807, 2.05) is 42.5 Å². The molecule has 1 aliphatic rings. The highest BCUT2D eigenvalue weighted by atomic mass is 16.3. The van der Waals surface area contributed by atoms with Crippen molar-refractivity contribution in [2.45, 2.75) is 46.1 Å². The summed E-state index contributed by atoms with van der Waals surface area (Å²) in [4.78, 5) is 30.1. The van der Waals surface area contributed by atoms with Crippen molar-refractivity contribution in [2.24, 2.45) is 0 Å². The van der Waals surface area contributed by atoms with Gasteiger partial charge in [-0.15, -0.1) is 0 Å². The molecular weight excluding hydrogens is 400 g/mol. The van der Waals surface area contributed by atoms with Crippen LogP contribution in [0.3, 0.4) is 0 Å². The molecule has 5 nitrogen and oxygen atoms in total. The van der Waals surface area contributed by atoms with Crippen LogP contribution < -0.4 is 0 Å². The van der Waals surface area contributed by atoms with E-state index in [4.69, 9.17) is 0 Å². The van der Waals surface area contributed by atoms with Crippen LogP contribution >= 0.6 is 0 Å². The molecular formula is C27H34N2O3. The van der Waals surface area contributed by atoms with Gasteiger partial charge in [0.2, 0.25) is 0 Å². The van der Waals surface area contributed by atoms with Gasteiger partial charge < -0.3 is 14.9 Å². The van der Waals surface area contributed by atoms with Crippen LogP contribution in [0, 0.1) is 0 Å². The van der Waals surface area contributed by atoms with Crippen molar-refractivity contribution in [1.29, 1.82) is 0 Å². The Morgan fingerprint density at radius 3 is 2.19 bits per heavy atom. The Bertz CT molecular complexity index is 960. The third kappa shape index (κ3) is 4.94. The molecule has 0 aromatic heterocycles. The molecule has 2 aromatic rings. The number of rotatable bonds is 9. The Labute approximate surface area is 191 Å². The maximum Gasteiger partial charge on any atom is 0.295 e. The van der Waals surface area contributed by atoms with Crippen molar-refractivity contribution in [2.75, 3.05) is 26.2 Å². The van der Waals surface area contributed by atoms with Gasteiger partial charge >= 0.3 is 0 Å². The normalized spacial score (nSPS) is 18.2. The van der Waals surface area contributed by atoms with Gasteiger partial charge in [-0.3, -0.25) is 9.59 Å². The van der Waals surface area contributed by atoms with Gasteiger partial charge in [-0.1, -0.05) is 82.3 Å². The number of nitrogens with zero attached hydrogens (tertiary/aromatic N) is 2. The largest absolute Gasteiger partial charge is 0.507 e. The molecule has 0 unspecified atom stereocenters. The average Bonchev–Trinajstić information content (AvgIpc) is 3.07.